The molecule has 0 aliphatic carbocycles. The van der Waals surface area contributed by atoms with Gasteiger partial charge < -0.3 is 35.2 Å². The molecule has 1 N–H and O–H groups in total. The van der Waals surface area contributed by atoms with E-state index in [0.29, 0.717) is 4.32 Å². The van der Waals surface area contributed by atoms with Gasteiger partial charge in [-0.25, -0.2) is 5.01 Å². The van der Waals surface area contributed by atoms with Crippen molar-refractivity contribution in [2.24, 2.45) is 0 Å². The van der Waals surface area contributed by atoms with Crippen LogP contribution in [-0.4, -0.2) is 47.6 Å². The maximum Gasteiger partial charge on any atom is 1.00 e. The number of piperazine rings is 1. The van der Waals surface area contributed by atoms with Crippen LogP contribution in [0, 0.1) is 0 Å². The van der Waals surface area contributed by atoms with Gasteiger partial charge in [0.2, 0.25) is 0 Å². The van der Waals surface area contributed by atoms with Crippen LogP contribution >= 0.6 is 12.2 Å². The summed E-state index contributed by atoms with van der Waals surface area (Å²) >= 11 is 9.76. The second-order valence-corrected chi connectivity index (χ2v) is 3.52. The van der Waals surface area contributed by atoms with Crippen LogP contribution in [0.15, 0.2) is 0 Å². The van der Waals surface area contributed by atoms with Gasteiger partial charge >= 0.3 is 27.7 Å². The summed E-state index contributed by atoms with van der Waals surface area (Å²) in [5, 5.41) is 7.29. The van der Waals surface area contributed by atoms with E-state index in [1.165, 1.54) is 0 Å². The van der Waals surface area contributed by atoms with Gasteiger partial charge in [-0.2, -0.15) is 0 Å². The summed E-state index contributed by atoms with van der Waals surface area (Å²) < 4.78 is 0.520. The van der Waals surface area contributed by atoms with Crippen LogP contribution in [0.5, 0.6) is 0 Å². The van der Waals surface area contributed by atoms with Crippen molar-refractivity contribution in [2.45, 2.75) is 0 Å². The fourth-order valence-corrected chi connectivity index (χ4v) is 1.30. The van der Waals surface area contributed by atoms with Crippen molar-refractivity contribution in [1.82, 2.24) is 15.3 Å². The maximum atomic E-state index is 4.88. The van der Waals surface area contributed by atoms with Crippen molar-refractivity contribution in [3.05, 3.63) is 0 Å². The summed E-state index contributed by atoms with van der Waals surface area (Å²) in [6, 6.07) is 0. The van der Waals surface area contributed by atoms with E-state index in [-0.39, 0.29) is 27.7 Å². The molecule has 0 spiro atoms. The second-order valence-electron chi connectivity index (χ2n) is 2.49. The molecule has 1 heterocycles. The Morgan fingerprint density at radius 2 is 2.00 bits per heavy atom. The van der Waals surface area contributed by atoms with Crippen LogP contribution in [0.1, 0.15) is 0 Å². The van der Waals surface area contributed by atoms with Crippen LogP contribution in [0.3, 0.4) is 0 Å². The Morgan fingerprint density at radius 1 is 1.50 bits per heavy atom. The average Bonchev–Trinajstić information content (AvgIpc) is 2.05. The number of rotatable bonds is 1. The van der Waals surface area contributed by atoms with Crippen molar-refractivity contribution in [1.29, 1.82) is 0 Å². The zero-order valence-electron chi connectivity index (χ0n) is 7.25. The Labute approximate surface area is 105 Å². The van der Waals surface area contributed by atoms with Gasteiger partial charge in [-0.3, -0.25) is 0 Å². The van der Waals surface area contributed by atoms with E-state index in [0.717, 1.165) is 26.2 Å². The van der Waals surface area contributed by atoms with E-state index in [1.807, 2.05) is 12.1 Å². The average molecular weight is 391 g/mol. The van der Waals surface area contributed by atoms with Gasteiger partial charge in [-0.15, -0.1) is 0 Å². The molecule has 0 aromatic carbocycles. The molecular weight excluding hydrogens is 379 g/mol. The van der Waals surface area contributed by atoms with E-state index < -0.39 is 0 Å². The normalized spacial score (nSPS) is 18.1. The van der Waals surface area contributed by atoms with E-state index >= 15 is 0 Å². The van der Waals surface area contributed by atoms with Crippen molar-refractivity contribution in [2.75, 3.05) is 33.2 Å². The Kier molecular flexibility index (Phi) is 6.94. The third-order valence-electron chi connectivity index (χ3n) is 1.78. The summed E-state index contributed by atoms with van der Waals surface area (Å²) in [7, 11) is 1.92. The second kappa shape index (κ2) is 6.42. The fourth-order valence-electron chi connectivity index (χ4n) is 1.07. The third-order valence-corrected chi connectivity index (χ3v) is 2.31. The molecule has 0 atom stereocenters. The quantitative estimate of drug-likeness (QED) is 0.371. The smallest absolute Gasteiger partial charge is 0.410 e. The van der Waals surface area contributed by atoms with Gasteiger partial charge in [0.05, 0.1) is 0 Å². The SMILES string of the molecule is CN(C(=S)[S-])N1CCNCC1.[Hg+]. The molecule has 0 saturated carbocycles. The van der Waals surface area contributed by atoms with Crippen molar-refractivity contribution in [3.63, 3.8) is 0 Å². The minimum Gasteiger partial charge on any atom is -0.410 e. The van der Waals surface area contributed by atoms with Crippen molar-refractivity contribution < 1.29 is 27.7 Å². The zero-order chi connectivity index (χ0) is 8.27. The first-order chi connectivity index (χ1) is 5.22. The zero-order valence-corrected chi connectivity index (χ0v) is 14.4. The first kappa shape index (κ1) is 13.0. The number of hydrazine groups is 1. The molecule has 1 fully saturated rings. The Hall–Kier alpha value is 0.965. The predicted molar refractivity (Wildman–Crippen MR) is 52.2 cm³/mol. The van der Waals surface area contributed by atoms with Crippen LogP contribution in [0.2, 0.25) is 0 Å². The molecule has 6 heteroatoms. The van der Waals surface area contributed by atoms with E-state index in [2.05, 4.69) is 10.3 Å². The summed E-state index contributed by atoms with van der Waals surface area (Å²) in [5.41, 5.74) is 0. The number of thiocarbonyl (C=S) groups is 1. The molecule has 0 aromatic rings. The summed E-state index contributed by atoms with van der Waals surface area (Å²) in [4.78, 5) is 0. The van der Waals surface area contributed by atoms with Gasteiger partial charge in [-0.1, -0.05) is 0 Å². The molecule has 1 saturated heterocycles. The van der Waals surface area contributed by atoms with Gasteiger partial charge in [0.25, 0.3) is 0 Å². The first-order valence-electron chi connectivity index (χ1n) is 3.62. The fraction of sp³-hybridized carbons (Fsp3) is 0.833. The van der Waals surface area contributed by atoms with Crippen LogP contribution < -0.4 is 5.32 Å². The predicted octanol–water partition coefficient (Wildman–Crippen LogP) is -0.432. The minimum absolute atomic E-state index is 0. The van der Waals surface area contributed by atoms with Crippen LogP contribution in [0.25, 0.3) is 0 Å². The van der Waals surface area contributed by atoms with Crippen molar-refractivity contribution in [3.8, 4) is 0 Å². The van der Waals surface area contributed by atoms with Crippen LogP contribution in [-0.2, 0) is 40.3 Å². The molecule has 1 radical (unpaired) electrons. The van der Waals surface area contributed by atoms with Crippen molar-refractivity contribution >= 4 is 29.2 Å². The van der Waals surface area contributed by atoms with Gasteiger partial charge in [0, 0.05) is 33.2 Å². The monoisotopic (exact) mass is 392 g/mol. The molecule has 0 bridgehead atoms. The largest absolute Gasteiger partial charge is 1.00 e. The number of hydrogen-bond acceptors (Lipinski definition) is 4. The summed E-state index contributed by atoms with van der Waals surface area (Å²) in [5.74, 6) is 0. The standard InChI is InChI=1S/C6H13N3S2.Hg/c1-8(6(10)11)9-4-2-7-3-5-9;/h7H,2-5H2,1H3,(H,10,11);/q;+1/p-1. The number of nitrogens with one attached hydrogen (secondary N) is 1. The molecule has 0 aromatic heterocycles. The van der Waals surface area contributed by atoms with E-state index in [1.54, 1.807) is 0 Å². The summed E-state index contributed by atoms with van der Waals surface area (Å²) in [6.07, 6.45) is 0. The number of nitrogens with zero attached hydrogens (tertiary/aromatic N) is 2. The maximum absolute atomic E-state index is 4.88. The molecule has 0 unspecified atom stereocenters. The molecule has 3 nitrogen and oxygen atoms in total. The van der Waals surface area contributed by atoms with Gasteiger partial charge in [0.15, 0.2) is 0 Å². The van der Waals surface area contributed by atoms with E-state index in [9.17, 15) is 0 Å². The topological polar surface area (TPSA) is 18.5 Å². The van der Waals surface area contributed by atoms with Gasteiger partial charge in [-0.05, 0) is 4.32 Å². The Balaban J connectivity index is 0.00000121. The molecular formula is C6H12HgN3S2. The number of hydrogen-bond donors (Lipinski definition) is 1. The summed E-state index contributed by atoms with van der Waals surface area (Å²) in [6.45, 7) is 4.02. The first-order valence-corrected chi connectivity index (χ1v) is 4.44. The molecule has 1 aliphatic heterocycles. The third kappa shape index (κ3) is 3.78. The molecule has 1 rings (SSSR count). The Morgan fingerprint density at radius 3 is 2.42 bits per heavy atom. The molecule has 65 valence electrons. The Bertz CT molecular complexity index is 150. The van der Waals surface area contributed by atoms with E-state index in [4.69, 9.17) is 24.8 Å². The molecule has 12 heavy (non-hydrogen) atoms. The molecule has 0 amide bonds. The minimum atomic E-state index is 0. The van der Waals surface area contributed by atoms with Crippen LogP contribution in [0.4, 0.5) is 0 Å². The van der Waals surface area contributed by atoms with Gasteiger partial charge in [0.1, 0.15) is 0 Å². The molecule has 1 aliphatic rings.